The van der Waals surface area contributed by atoms with E-state index in [2.05, 4.69) is 53.5 Å². The molecule has 0 spiro atoms. The van der Waals surface area contributed by atoms with Crippen LogP contribution in [0.15, 0.2) is 48.5 Å². The van der Waals surface area contributed by atoms with Crippen molar-refractivity contribution in [1.82, 2.24) is 4.98 Å². The SMILES string of the molecule is c1ccc2c(c1)[nH]c1sc3[se]c4ccccc4c3c12. The molecule has 90 valence electrons. The van der Waals surface area contributed by atoms with E-state index in [-0.39, 0.29) is 0 Å². The van der Waals surface area contributed by atoms with Gasteiger partial charge in [-0.05, 0) is 0 Å². The van der Waals surface area contributed by atoms with Gasteiger partial charge >= 0.3 is 119 Å². The van der Waals surface area contributed by atoms with E-state index < -0.39 is 0 Å². The van der Waals surface area contributed by atoms with Crippen LogP contribution < -0.4 is 0 Å². The maximum absolute atomic E-state index is 3.57. The Morgan fingerprint density at radius 1 is 0.842 bits per heavy atom. The van der Waals surface area contributed by atoms with Crippen LogP contribution in [0.25, 0.3) is 39.7 Å². The third-order valence-electron chi connectivity index (χ3n) is 3.68. The molecule has 0 radical (unpaired) electrons. The van der Waals surface area contributed by atoms with Gasteiger partial charge in [-0.2, -0.15) is 0 Å². The number of benzene rings is 2. The van der Waals surface area contributed by atoms with Gasteiger partial charge in [0.1, 0.15) is 0 Å². The predicted molar refractivity (Wildman–Crippen MR) is 85.6 cm³/mol. The summed E-state index contributed by atoms with van der Waals surface area (Å²) in [6, 6.07) is 17.5. The molecule has 0 saturated carbocycles. The molecule has 0 aliphatic carbocycles. The van der Waals surface area contributed by atoms with E-state index >= 15 is 0 Å². The zero-order valence-electron chi connectivity index (χ0n) is 9.94. The number of aromatic amines is 1. The van der Waals surface area contributed by atoms with E-state index in [0.717, 1.165) is 0 Å². The summed E-state index contributed by atoms with van der Waals surface area (Å²) in [5, 5.41) is 5.74. The van der Waals surface area contributed by atoms with Crippen LogP contribution in [0.1, 0.15) is 0 Å². The Hall–Kier alpha value is -1.54. The van der Waals surface area contributed by atoms with Crippen molar-refractivity contribution in [3.8, 4) is 0 Å². The normalized spacial score (nSPS) is 12.2. The van der Waals surface area contributed by atoms with Gasteiger partial charge in [0.2, 0.25) is 0 Å². The standard InChI is InChI=1S/C16H9NSSe/c1-3-7-11-9(5-1)13-14-10-6-2-4-8-12(10)19-16(14)18-15(13)17-11/h1-8,17H. The molecule has 3 heteroatoms. The molecule has 0 aliphatic heterocycles. The summed E-state index contributed by atoms with van der Waals surface area (Å²) in [5.74, 6) is 0. The number of fused-ring (bicyclic) bond motifs is 7. The second-order valence-corrected chi connectivity index (χ2v) is 8.55. The zero-order chi connectivity index (χ0) is 12.4. The van der Waals surface area contributed by atoms with Crippen LogP contribution in [0.4, 0.5) is 0 Å². The first-order valence-electron chi connectivity index (χ1n) is 6.22. The monoisotopic (exact) mass is 327 g/mol. The first-order chi connectivity index (χ1) is 9.42. The van der Waals surface area contributed by atoms with Crippen molar-refractivity contribution in [3.63, 3.8) is 0 Å². The molecule has 5 rings (SSSR count). The van der Waals surface area contributed by atoms with Crippen LogP contribution in [0, 0.1) is 0 Å². The van der Waals surface area contributed by atoms with Crippen molar-refractivity contribution in [2.24, 2.45) is 0 Å². The third-order valence-corrected chi connectivity index (χ3v) is 7.56. The second kappa shape index (κ2) is 3.51. The quantitative estimate of drug-likeness (QED) is 0.395. The molecule has 0 bridgehead atoms. The molecular formula is C16H9NSSe. The van der Waals surface area contributed by atoms with Crippen molar-refractivity contribution in [2.45, 2.75) is 0 Å². The van der Waals surface area contributed by atoms with E-state index in [0.29, 0.717) is 14.5 Å². The number of para-hydroxylation sites is 1. The van der Waals surface area contributed by atoms with Gasteiger partial charge in [0.15, 0.2) is 0 Å². The summed E-state index contributed by atoms with van der Waals surface area (Å²) in [5.41, 5.74) is 1.25. The summed E-state index contributed by atoms with van der Waals surface area (Å²) in [7, 11) is 0. The molecule has 1 N–H and O–H groups in total. The van der Waals surface area contributed by atoms with E-state index in [1.807, 2.05) is 11.3 Å². The first kappa shape index (κ1) is 10.3. The van der Waals surface area contributed by atoms with Crippen molar-refractivity contribution < 1.29 is 0 Å². The van der Waals surface area contributed by atoms with E-state index in [1.54, 1.807) is 3.57 Å². The molecule has 0 atom stereocenters. The summed E-state index contributed by atoms with van der Waals surface area (Å²) in [6.07, 6.45) is 0. The summed E-state index contributed by atoms with van der Waals surface area (Å²) < 4.78 is 3.10. The van der Waals surface area contributed by atoms with E-state index in [9.17, 15) is 0 Å². The third kappa shape index (κ3) is 1.25. The van der Waals surface area contributed by atoms with Gasteiger partial charge in [-0.25, -0.2) is 0 Å². The molecule has 2 aromatic carbocycles. The Kier molecular flexibility index (Phi) is 1.90. The molecule has 0 amide bonds. The topological polar surface area (TPSA) is 15.8 Å². The fourth-order valence-corrected chi connectivity index (χ4v) is 7.11. The van der Waals surface area contributed by atoms with Crippen LogP contribution in [-0.2, 0) is 0 Å². The maximum atomic E-state index is 3.57. The Morgan fingerprint density at radius 3 is 2.58 bits per heavy atom. The molecule has 3 heterocycles. The Bertz CT molecular complexity index is 979. The Labute approximate surface area is 119 Å². The van der Waals surface area contributed by atoms with Crippen LogP contribution in [0.5, 0.6) is 0 Å². The molecular weight excluding hydrogens is 317 g/mol. The number of aromatic nitrogens is 1. The fourth-order valence-electron chi connectivity index (χ4n) is 2.87. The van der Waals surface area contributed by atoms with Crippen LogP contribution in [-0.4, -0.2) is 19.5 Å². The number of hydrogen-bond donors (Lipinski definition) is 1. The molecule has 0 aliphatic rings. The van der Waals surface area contributed by atoms with Gasteiger partial charge in [-0.15, -0.1) is 0 Å². The van der Waals surface area contributed by atoms with Gasteiger partial charge in [0.25, 0.3) is 0 Å². The average molecular weight is 326 g/mol. The molecule has 3 aromatic heterocycles. The molecule has 0 unspecified atom stereocenters. The van der Waals surface area contributed by atoms with Crippen LogP contribution in [0.3, 0.4) is 0 Å². The summed E-state index contributed by atoms with van der Waals surface area (Å²) in [6.45, 7) is 0. The van der Waals surface area contributed by atoms with Gasteiger partial charge in [0, 0.05) is 0 Å². The van der Waals surface area contributed by atoms with Crippen LogP contribution >= 0.6 is 11.3 Å². The van der Waals surface area contributed by atoms with Crippen molar-refractivity contribution in [2.75, 3.05) is 0 Å². The minimum absolute atomic E-state index is 0.484. The molecule has 5 aromatic rings. The van der Waals surface area contributed by atoms with E-state index in [1.165, 1.54) is 36.2 Å². The second-order valence-electron chi connectivity index (χ2n) is 4.74. The van der Waals surface area contributed by atoms with Crippen molar-refractivity contribution >= 4 is 65.6 Å². The van der Waals surface area contributed by atoms with Gasteiger partial charge in [-0.1, -0.05) is 0 Å². The fraction of sp³-hybridized carbons (Fsp3) is 0. The first-order valence-corrected chi connectivity index (χ1v) is 8.75. The van der Waals surface area contributed by atoms with Gasteiger partial charge < -0.3 is 0 Å². The molecule has 0 fully saturated rings. The van der Waals surface area contributed by atoms with Gasteiger partial charge in [0.05, 0.1) is 0 Å². The van der Waals surface area contributed by atoms with Gasteiger partial charge in [-0.3, -0.25) is 0 Å². The molecule has 0 saturated heterocycles. The predicted octanol–water partition coefficient (Wildman–Crippen LogP) is 4.75. The summed E-state index contributed by atoms with van der Waals surface area (Å²) in [4.78, 5) is 4.90. The molecule has 1 nitrogen and oxygen atoms in total. The zero-order valence-corrected chi connectivity index (χ0v) is 12.5. The van der Waals surface area contributed by atoms with Crippen molar-refractivity contribution in [1.29, 1.82) is 0 Å². The number of H-pyrrole nitrogens is 1. The Morgan fingerprint density at radius 2 is 1.63 bits per heavy atom. The number of hydrogen-bond acceptors (Lipinski definition) is 1. The molecule has 19 heavy (non-hydrogen) atoms. The number of rotatable bonds is 0. The average Bonchev–Trinajstić information content (AvgIpc) is 3.04. The minimum atomic E-state index is 0.484. The van der Waals surface area contributed by atoms with Crippen LogP contribution in [0.2, 0.25) is 0 Å². The Balaban J connectivity index is 2.16. The number of thiophene rings is 1. The van der Waals surface area contributed by atoms with E-state index in [4.69, 9.17) is 0 Å². The number of nitrogens with one attached hydrogen (secondary N) is 1. The summed E-state index contributed by atoms with van der Waals surface area (Å²) >= 11 is 2.42. The van der Waals surface area contributed by atoms with Crippen molar-refractivity contribution in [3.05, 3.63) is 48.5 Å².